The van der Waals surface area contributed by atoms with E-state index in [1.807, 2.05) is 6.92 Å². The number of aromatic nitrogens is 2. The summed E-state index contributed by atoms with van der Waals surface area (Å²) in [4.78, 5) is 0.321. The third kappa shape index (κ3) is 3.30. The van der Waals surface area contributed by atoms with Gasteiger partial charge in [-0.25, -0.2) is 13.1 Å². The molecule has 3 N–H and O–H groups in total. The summed E-state index contributed by atoms with van der Waals surface area (Å²) in [5, 5.41) is 10.3. The van der Waals surface area contributed by atoms with Gasteiger partial charge in [0, 0.05) is 18.6 Å². The maximum Gasteiger partial charge on any atom is 0.244 e. The van der Waals surface area contributed by atoms with Crippen LogP contribution in [-0.4, -0.2) is 30.7 Å². The van der Waals surface area contributed by atoms with Crippen LogP contribution in [0.5, 0.6) is 0 Å². The monoisotopic (exact) mass is 312 g/mol. The van der Waals surface area contributed by atoms with Gasteiger partial charge in [-0.05, 0) is 45.4 Å². The van der Waals surface area contributed by atoms with Crippen molar-refractivity contribution in [1.82, 2.24) is 20.2 Å². The van der Waals surface area contributed by atoms with Gasteiger partial charge in [0.1, 0.15) is 4.90 Å². The molecule has 2 aliphatic rings. The highest BCUT2D eigenvalue weighted by Crippen LogP contribution is 2.30. The van der Waals surface area contributed by atoms with Gasteiger partial charge in [0.05, 0.1) is 11.4 Å². The van der Waals surface area contributed by atoms with E-state index in [9.17, 15) is 8.42 Å². The Morgan fingerprint density at radius 2 is 2.05 bits per heavy atom. The zero-order chi connectivity index (χ0) is 15.0. The highest BCUT2D eigenvalue weighted by molar-refractivity contribution is 7.89. The molecule has 118 valence electrons. The summed E-state index contributed by atoms with van der Waals surface area (Å²) in [5.41, 5.74) is 1.20. The molecule has 1 atom stereocenters. The lowest BCUT2D eigenvalue weighted by Gasteiger charge is -2.31. The lowest BCUT2D eigenvalue weighted by Crippen LogP contribution is -2.41. The quantitative estimate of drug-likeness (QED) is 0.711. The van der Waals surface area contributed by atoms with Crippen molar-refractivity contribution < 1.29 is 8.42 Å². The molecule has 6 nitrogen and oxygen atoms in total. The molecule has 1 aromatic heterocycles. The van der Waals surface area contributed by atoms with Gasteiger partial charge in [0.15, 0.2) is 0 Å². The predicted octanol–water partition coefficient (Wildman–Crippen LogP) is 1.44. The van der Waals surface area contributed by atoms with Crippen molar-refractivity contribution in [2.75, 3.05) is 0 Å². The number of aromatic amines is 1. The van der Waals surface area contributed by atoms with Crippen LogP contribution >= 0.6 is 0 Å². The summed E-state index contributed by atoms with van der Waals surface area (Å²) in [6.45, 7) is 4.22. The van der Waals surface area contributed by atoms with E-state index in [0.717, 1.165) is 12.8 Å². The van der Waals surface area contributed by atoms with Crippen molar-refractivity contribution in [3.8, 4) is 0 Å². The Kier molecular flexibility index (Phi) is 4.07. The first-order valence-electron chi connectivity index (χ1n) is 7.77. The number of H-pyrrole nitrogens is 1. The van der Waals surface area contributed by atoms with Crippen LogP contribution in [0.4, 0.5) is 0 Å². The van der Waals surface area contributed by atoms with Crippen molar-refractivity contribution in [1.29, 1.82) is 0 Å². The molecule has 2 aliphatic carbocycles. The van der Waals surface area contributed by atoms with Gasteiger partial charge in [-0.2, -0.15) is 5.10 Å². The van der Waals surface area contributed by atoms with Crippen LogP contribution in [0.15, 0.2) is 4.90 Å². The fourth-order valence-electron chi connectivity index (χ4n) is 2.81. The molecule has 0 aliphatic heterocycles. The molecular weight excluding hydrogens is 288 g/mol. The molecule has 7 heteroatoms. The minimum absolute atomic E-state index is 0.0118. The zero-order valence-corrected chi connectivity index (χ0v) is 13.5. The number of hydrogen-bond acceptors (Lipinski definition) is 4. The molecule has 0 radical (unpaired) electrons. The van der Waals surface area contributed by atoms with Gasteiger partial charge in [0.25, 0.3) is 0 Å². The van der Waals surface area contributed by atoms with Crippen LogP contribution in [0.2, 0.25) is 0 Å². The molecule has 1 unspecified atom stereocenters. The molecule has 1 aromatic rings. The Morgan fingerprint density at radius 1 is 1.33 bits per heavy atom. The van der Waals surface area contributed by atoms with Crippen LogP contribution in [-0.2, 0) is 16.6 Å². The zero-order valence-electron chi connectivity index (χ0n) is 12.6. The number of rotatable bonds is 7. The van der Waals surface area contributed by atoms with Crippen molar-refractivity contribution in [2.45, 2.75) is 69.5 Å². The van der Waals surface area contributed by atoms with Gasteiger partial charge in [-0.3, -0.25) is 5.10 Å². The molecular formula is C14H24N4O2S. The predicted molar refractivity (Wildman–Crippen MR) is 80.3 cm³/mol. The van der Waals surface area contributed by atoms with Crippen LogP contribution in [0.1, 0.15) is 50.4 Å². The fourth-order valence-corrected chi connectivity index (χ4v) is 4.49. The number of nitrogens with zero attached hydrogens (tertiary/aromatic N) is 1. The summed E-state index contributed by atoms with van der Waals surface area (Å²) < 4.78 is 28.1. The average molecular weight is 312 g/mol. The van der Waals surface area contributed by atoms with E-state index in [0.29, 0.717) is 34.8 Å². The van der Waals surface area contributed by atoms with E-state index in [1.165, 1.54) is 19.3 Å². The molecule has 3 rings (SSSR count). The van der Waals surface area contributed by atoms with Crippen LogP contribution in [0, 0.1) is 12.8 Å². The molecule has 0 spiro atoms. The highest BCUT2D eigenvalue weighted by Gasteiger charge is 2.31. The first-order valence-corrected chi connectivity index (χ1v) is 9.25. The SMILES string of the molecule is Cc1[nH]nc(CNC2CC2)c1S(=O)(=O)NC(C)C1CCC1. The Morgan fingerprint density at radius 3 is 2.62 bits per heavy atom. The number of nitrogens with one attached hydrogen (secondary N) is 3. The summed E-state index contributed by atoms with van der Waals surface area (Å²) in [5.74, 6) is 0.472. The molecule has 0 aromatic carbocycles. The van der Waals surface area contributed by atoms with E-state index in [-0.39, 0.29) is 6.04 Å². The van der Waals surface area contributed by atoms with Gasteiger partial charge in [-0.1, -0.05) is 6.42 Å². The Bertz CT molecular complexity index is 602. The standard InChI is InChI=1S/C14H24N4O2S/c1-9(11-4-3-5-11)18-21(19,20)14-10(2)16-17-13(14)8-15-12-6-7-12/h9,11-12,15,18H,3-8H2,1-2H3,(H,16,17). The number of hydrogen-bond donors (Lipinski definition) is 3. The fraction of sp³-hybridized carbons (Fsp3) is 0.786. The van der Waals surface area contributed by atoms with E-state index >= 15 is 0 Å². The van der Waals surface area contributed by atoms with Crippen LogP contribution in [0.25, 0.3) is 0 Å². The first-order chi connectivity index (χ1) is 9.97. The summed E-state index contributed by atoms with van der Waals surface area (Å²) in [6, 6.07) is 0.515. The van der Waals surface area contributed by atoms with Gasteiger partial charge >= 0.3 is 0 Å². The maximum absolute atomic E-state index is 12.7. The second-order valence-corrected chi connectivity index (χ2v) is 8.03. The second kappa shape index (κ2) is 5.70. The molecule has 0 amide bonds. The Hall–Kier alpha value is -0.920. The Labute approximate surface area is 126 Å². The first kappa shape index (κ1) is 15.0. The van der Waals surface area contributed by atoms with E-state index in [1.54, 1.807) is 6.92 Å². The molecule has 2 fully saturated rings. The average Bonchev–Trinajstić information content (AvgIpc) is 3.06. The minimum atomic E-state index is -3.51. The van der Waals surface area contributed by atoms with Crippen LogP contribution in [0.3, 0.4) is 0 Å². The lowest BCUT2D eigenvalue weighted by molar-refractivity contribution is 0.260. The second-order valence-electron chi connectivity index (χ2n) is 6.38. The summed E-state index contributed by atoms with van der Waals surface area (Å²) in [6.07, 6.45) is 5.78. The summed E-state index contributed by atoms with van der Waals surface area (Å²) >= 11 is 0. The molecule has 1 heterocycles. The molecule has 2 saturated carbocycles. The largest absolute Gasteiger partial charge is 0.308 e. The van der Waals surface area contributed by atoms with E-state index in [4.69, 9.17) is 0 Å². The van der Waals surface area contributed by atoms with Crippen molar-refractivity contribution in [2.24, 2.45) is 5.92 Å². The topological polar surface area (TPSA) is 86.9 Å². The van der Waals surface area contributed by atoms with Crippen molar-refractivity contribution in [3.05, 3.63) is 11.4 Å². The van der Waals surface area contributed by atoms with Gasteiger partial charge in [0.2, 0.25) is 10.0 Å². The third-order valence-electron chi connectivity index (χ3n) is 4.56. The van der Waals surface area contributed by atoms with Gasteiger partial charge < -0.3 is 5.32 Å². The number of aryl methyl sites for hydroxylation is 1. The van der Waals surface area contributed by atoms with Crippen molar-refractivity contribution >= 4 is 10.0 Å². The minimum Gasteiger partial charge on any atom is -0.308 e. The highest BCUT2D eigenvalue weighted by atomic mass is 32.2. The molecule has 0 bridgehead atoms. The van der Waals surface area contributed by atoms with Gasteiger partial charge in [-0.15, -0.1) is 0 Å². The molecule has 21 heavy (non-hydrogen) atoms. The van der Waals surface area contributed by atoms with Crippen molar-refractivity contribution in [3.63, 3.8) is 0 Å². The maximum atomic E-state index is 12.7. The smallest absolute Gasteiger partial charge is 0.244 e. The third-order valence-corrected chi connectivity index (χ3v) is 6.32. The molecule has 0 saturated heterocycles. The van der Waals surface area contributed by atoms with E-state index in [2.05, 4.69) is 20.2 Å². The number of sulfonamides is 1. The lowest BCUT2D eigenvalue weighted by atomic mass is 9.81. The summed E-state index contributed by atoms with van der Waals surface area (Å²) in [7, 11) is -3.51. The normalized spacial score (nSPS) is 21.2. The Balaban J connectivity index is 1.74. The van der Waals surface area contributed by atoms with E-state index < -0.39 is 10.0 Å². The van der Waals surface area contributed by atoms with Crippen LogP contribution < -0.4 is 10.0 Å².